The van der Waals surface area contributed by atoms with E-state index in [2.05, 4.69) is 44.5 Å². The van der Waals surface area contributed by atoms with E-state index in [0.29, 0.717) is 0 Å². The van der Waals surface area contributed by atoms with Crippen molar-refractivity contribution in [3.63, 3.8) is 0 Å². The van der Waals surface area contributed by atoms with E-state index in [0.717, 1.165) is 4.60 Å². The van der Waals surface area contributed by atoms with Gasteiger partial charge in [-0.25, -0.2) is 4.98 Å². The number of aromatic nitrogens is 1. The summed E-state index contributed by atoms with van der Waals surface area (Å²) in [4.78, 5) is 4.26. The van der Waals surface area contributed by atoms with Crippen LogP contribution >= 0.6 is 27.3 Å². The highest BCUT2D eigenvalue weighted by molar-refractivity contribution is 9.10. The predicted octanol–water partition coefficient (Wildman–Crippen LogP) is 4.21. The normalized spacial score (nSPS) is 11.2. The molecule has 0 amide bonds. The van der Waals surface area contributed by atoms with Crippen LogP contribution < -0.4 is 0 Å². The molecule has 68 valence electrons. The third-order valence-electron chi connectivity index (χ3n) is 2.32. The molecular formula is C11H6BrNS. The van der Waals surface area contributed by atoms with E-state index in [4.69, 9.17) is 0 Å². The summed E-state index contributed by atoms with van der Waals surface area (Å²) in [5.74, 6) is 0. The van der Waals surface area contributed by atoms with Crippen LogP contribution in [-0.4, -0.2) is 4.98 Å². The molecule has 14 heavy (non-hydrogen) atoms. The van der Waals surface area contributed by atoms with Crippen molar-refractivity contribution in [3.05, 3.63) is 40.4 Å². The van der Waals surface area contributed by atoms with Crippen LogP contribution in [0.1, 0.15) is 0 Å². The van der Waals surface area contributed by atoms with Crippen molar-refractivity contribution in [1.29, 1.82) is 0 Å². The Morgan fingerprint density at radius 2 is 2.07 bits per heavy atom. The van der Waals surface area contributed by atoms with Crippen molar-refractivity contribution < 1.29 is 0 Å². The lowest BCUT2D eigenvalue weighted by Gasteiger charge is -2.00. The molecule has 0 aliphatic rings. The van der Waals surface area contributed by atoms with Crippen LogP contribution in [0.15, 0.2) is 40.4 Å². The molecule has 0 saturated carbocycles. The smallest absolute Gasteiger partial charge is 0.114 e. The van der Waals surface area contributed by atoms with Gasteiger partial charge in [0, 0.05) is 21.7 Å². The maximum Gasteiger partial charge on any atom is 0.114 e. The van der Waals surface area contributed by atoms with Crippen LogP contribution in [0.2, 0.25) is 0 Å². The Hall–Kier alpha value is -0.930. The van der Waals surface area contributed by atoms with Gasteiger partial charge in [0.2, 0.25) is 0 Å². The van der Waals surface area contributed by atoms with Crippen LogP contribution in [0.5, 0.6) is 0 Å². The van der Waals surface area contributed by atoms with Gasteiger partial charge >= 0.3 is 0 Å². The van der Waals surface area contributed by atoms with Gasteiger partial charge in [-0.15, -0.1) is 11.3 Å². The molecule has 0 spiro atoms. The molecule has 3 aromatic rings. The Kier molecular flexibility index (Phi) is 1.82. The number of rotatable bonds is 0. The van der Waals surface area contributed by atoms with Crippen LogP contribution in [0, 0.1) is 0 Å². The van der Waals surface area contributed by atoms with Gasteiger partial charge in [-0.05, 0) is 44.9 Å². The first-order valence-electron chi connectivity index (χ1n) is 4.27. The number of pyridine rings is 1. The van der Waals surface area contributed by atoms with Gasteiger partial charge in [-0.2, -0.15) is 0 Å². The monoisotopic (exact) mass is 263 g/mol. The molecule has 1 nitrogen and oxygen atoms in total. The summed E-state index contributed by atoms with van der Waals surface area (Å²) in [7, 11) is 0. The molecule has 0 unspecified atom stereocenters. The second kappa shape index (κ2) is 3.04. The molecule has 0 bridgehead atoms. The summed E-state index contributed by atoms with van der Waals surface area (Å²) in [6.45, 7) is 0. The fourth-order valence-electron chi connectivity index (χ4n) is 1.68. The standard InChI is InChI=1S/C11H6BrNS/c12-11-10-7(3-5-13-11)1-2-9-8(10)4-6-14-9/h1-6H. The average Bonchev–Trinajstić information content (AvgIpc) is 2.65. The number of nitrogens with zero attached hydrogens (tertiary/aromatic N) is 1. The molecule has 0 N–H and O–H groups in total. The van der Waals surface area contributed by atoms with Crippen molar-refractivity contribution in [2.24, 2.45) is 0 Å². The third-order valence-corrected chi connectivity index (χ3v) is 3.80. The highest BCUT2D eigenvalue weighted by Crippen LogP contribution is 2.32. The van der Waals surface area contributed by atoms with E-state index in [9.17, 15) is 0 Å². The highest BCUT2D eigenvalue weighted by Gasteiger charge is 2.04. The first-order chi connectivity index (χ1) is 6.86. The van der Waals surface area contributed by atoms with Crippen molar-refractivity contribution in [2.75, 3.05) is 0 Å². The van der Waals surface area contributed by atoms with Gasteiger partial charge in [0.15, 0.2) is 0 Å². The zero-order valence-corrected chi connectivity index (χ0v) is 9.60. The van der Waals surface area contributed by atoms with Crippen molar-refractivity contribution in [1.82, 2.24) is 4.98 Å². The molecule has 0 atom stereocenters. The van der Waals surface area contributed by atoms with E-state index >= 15 is 0 Å². The van der Waals surface area contributed by atoms with Crippen LogP contribution in [0.25, 0.3) is 20.9 Å². The molecule has 0 saturated heterocycles. The molecule has 2 aromatic heterocycles. The lowest BCUT2D eigenvalue weighted by Crippen LogP contribution is -1.78. The van der Waals surface area contributed by atoms with E-state index in [1.165, 1.54) is 20.9 Å². The molecule has 0 aliphatic carbocycles. The Labute approximate surface area is 93.5 Å². The summed E-state index contributed by atoms with van der Waals surface area (Å²) >= 11 is 5.26. The Morgan fingerprint density at radius 1 is 1.14 bits per heavy atom. The van der Waals surface area contributed by atoms with Gasteiger partial charge < -0.3 is 0 Å². The number of fused-ring (bicyclic) bond motifs is 3. The van der Waals surface area contributed by atoms with Gasteiger partial charge in [0.25, 0.3) is 0 Å². The number of thiophene rings is 1. The van der Waals surface area contributed by atoms with Gasteiger partial charge in [-0.3, -0.25) is 0 Å². The fraction of sp³-hybridized carbons (Fsp3) is 0. The minimum absolute atomic E-state index is 0.930. The van der Waals surface area contributed by atoms with Gasteiger partial charge in [0.05, 0.1) is 0 Å². The maximum atomic E-state index is 4.26. The first kappa shape index (κ1) is 8.38. The minimum atomic E-state index is 0.930. The van der Waals surface area contributed by atoms with Gasteiger partial charge in [0.1, 0.15) is 4.60 Å². The highest BCUT2D eigenvalue weighted by atomic mass is 79.9. The largest absolute Gasteiger partial charge is 0.249 e. The van der Waals surface area contributed by atoms with E-state index < -0.39 is 0 Å². The fourth-order valence-corrected chi connectivity index (χ4v) is 3.03. The molecule has 0 radical (unpaired) electrons. The molecule has 0 aliphatic heterocycles. The lowest BCUT2D eigenvalue weighted by atomic mass is 10.1. The summed E-state index contributed by atoms with van der Waals surface area (Å²) in [5, 5.41) is 5.85. The Morgan fingerprint density at radius 3 is 3.00 bits per heavy atom. The van der Waals surface area contributed by atoms with E-state index in [1.54, 1.807) is 11.3 Å². The Balaban J connectivity index is 2.67. The molecule has 0 fully saturated rings. The summed E-state index contributed by atoms with van der Waals surface area (Å²) in [6.07, 6.45) is 1.82. The SMILES string of the molecule is Brc1nccc2ccc3sccc3c12. The maximum absolute atomic E-state index is 4.26. The van der Waals surface area contributed by atoms with Crippen molar-refractivity contribution >= 4 is 48.1 Å². The van der Waals surface area contributed by atoms with Crippen molar-refractivity contribution in [2.45, 2.75) is 0 Å². The lowest BCUT2D eigenvalue weighted by molar-refractivity contribution is 1.32. The Bertz CT molecular complexity index is 615. The summed E-state index contributed by atoms with van der Waals surface area (Å²) < 4.78 is 2.24. The summed E-state index contributed by atoms with van der Waals surface area (Å²) in [6, 6.07) is 8.49. The van der Waals surface area contributed by atoms with Crippen molar-refractivity contribution in [3.8, 4) is 0 Å². The van der Waals surface area contributed by atoms with Crippen LogP contribution in [-0.2, 0) is 0 Å². The number of hydrogen-bond acceptors (Lipinski definition) is 2. The first-order valence-corrected chi connectivity index (χ1v) is 5.94. The quantitative estimate of drug-likeness (QED) is 0.554. The van der Waals surface area contributed by atoms with Crippen LogP contribution in [0.3, 0.4) is 0 Å². The predicted molar refractivity (Wildman–Crippen MR) is 64.8 cm³/mol. The number of benzene rings is 1. The molecule has 3 heteroatoms. The number of hydrogen-bond donors (Lipinski definition) is 0. The average molecular weight is 264 g/mol. The third kappa shape index (κ3) is 1.09. The second-order valence-electron chi connectivity index (χ2n) is 3.10. The summed E-state index contributed by atoms with van der Waals surface area (Å²) in [5.41, 5.74) is 0. The molecule has 3 rings (SSSR count). The molecule has 2 heterocycles. The minimum Gasteiger partial charge on any atom is -0.249 e. The van der Waals surface area contributed by atoms with E-state index in [-0.39, 0.29) is 0 Å². The van der Waals surface area contributed by atoms with E-state index in [1.807, 2.05) is 12.3 Å². The molecule has 1 aromatic carbocycles. The second-order valence-corrected chi connectivity index (χ2v) is 4.80. The zero-order valence-electron chi connectivity index (χ0n) is 7.20. The number of halogens is 1. The zero-order chi connectivity index (χ0) is 9.54. The van der Waals surface area contributed by atoms with Gasteiger partial charge in [-0.1, -0.05) is 6.07 Å². The topological polar surface area (TPSA) is 12.9 Å². The van der Waals surface area contributed by atoms with Crippen LogP contribution in [0.4, 0.5) is 0 Å². The molecular weight excluding hydrogens is 258 g/mol.